The molecule has 102 valence electrons. The van der Waals surface area contributed by atoms with Crippen molar-refractivity contribution in [1.82, 2.24) is 4.90 Å². The lowest BCUT2D eigenvalue weighted by Gasteiger charge is -2.40. The Hall–Kier alpha value is -0.820. The molecule has 0 radical (unpaired) electrons. The topological polar surface area (TPSA) is 3.24 Å². The molecule has 0 aromatic heterocycles. The van der Waals surface area contributed by atoms with Crippen molar-refractivity contribution in [2.75, 3.05) is 13.1 Å². The molecular formula is C17H29N. The Balaban J connectivity index is 2.85. The van der Waals surface area contributed by atoms with E-state index in [1.165, 1.54) is 18.5 Å². The first kappa shape index (κ1) is 15.2. The molecule has 0 aliphatic heterocycles. The summed E-state index contributed by atoms with van der Waals surface area (Å²) in [5, 5.41) is 0. The summed E-state index contributed by atoms with van der Waals surface area (Å²) in [5.74, 6) is 0. The lowest BCUT2D eigenvalue weighted by molar-refractivity contribution is 0.104. The Morgan fingerprint density at radius 2 is 1.67 bits per heavy atom. The van der Waals surface area contributed by atoms with E-state index in [1.54, 1.807) is 0 Å². The third-order valence-corrected chi connectivity index (χ3v) is 3.63. The monoisotopic (exact) mass is 247 g/mol. The van der Waals surface area contributed by atoms with Crippen LogP contribution in [0.15, 0.2) is 30.3 Å². The van der Waals surface area contributed by atoms with Crippen LogP contribution in [0.5, 0.6) is 0 Å². The summed E-state index contributed by atoms with van der Waals surface area (Å²) in [5.41, 5.74) is 1.77. The van der Waals surface area contributed by atoms with Crippen molar-refractivity contribution >= 4 is 0 Å². The van der Waals surface area contributed by atoms with Gasteiger partial charge in [0.1, 0.15) is 0 Å². The van der Waals surface area contributed by atoms with E-state index in [4.69, 9.17) is 0 Å². The fourth-order valence-corrected chi connectivity index (χ4v) is 2.64. The van der Waals surface area contributed by atoms with Gasteiger partial charge in [0.2, 0.25) is 0 Å². The van der Waals surface area contributed by atoms with Gasteiger partial charge in [-0.1, -0.05) is 65.0 Å². The maximum atomic E-state index is 2.63. The largest absolute Gasteiger partial charge is 0.300 e. The van der Waals surface area contributed by atoms with Gasteiger partial charge in [0.05, 0.1) is 0 Å². The van der Waals surface area contributed by atoms with Crippen LogP contribution < -0.4 is 0 Å². The van der Waals surface area contributed by atoms with Crippen molar-refractivity contribution in [1.29, 1.82) is 0 Å². The molecule has 0 bridgehead atoms. The highest BCUT2D eigenvalue weighted by atomic mass is 15.2. The normalized spacial score (nSPS) is 13.9. The molecule has 0 saturated carbocycles. The van der Waals surface area contributed by atoms with Crippen LogP contribution in [-0.2, 0) is 6.42 Å². The van der Waals surface area contributed by atoms with Gasteiger partial charge in [-0.3, -0.25) is 4.90 Å². The molecule has 0 spiro atoms. The molecule has 0 amide bonds. The minimum atomic E-state index is 0.320. The predicted molar refractivity (Wildman–Crippen MR) is 80.9 cm³/mol. The van der Waals surface area contributed by atoms with E-state index >= 15 is 0 Å². The zero-order valence-electron chi connectivity index (χ0n) is 12.7. The van der Waals surface area contributed by atoms with E-state index in [9.17, 15) is 0 Å². The molecule has 1 unspecified atom stereocenters. The van der Waals surface area contributed by atoms with Crippen LogP contribution in [-0.4, -0.2) is 24.0 Å². The third kappa shape index (κ3) is 4.45. The molecule has 0 heterocycles. The van der Waals surface area contributed by atoms with Gasteiger partial charge in [0.25, 0.3) is 0 Å². The van der Waals surface area contributed by atoms with E-state index < -0.39 is 0 Å². The Kier molecular flexibility index (Phi) is 5.87. The van der Waals surface area contributed by atoms with Crippen molar-refractivity contribution in [2.45, 2.75) is 53.5 Å². The Morgan fingerprint density at radius 1 is 1.06 bits per heavy atom. The molecule has 18 heavy (non-hydrogen) atoms. The number of likely N-dealkylation sites (N-methyl/N-ethyl adjacent to an activating group) is 1. The fraction of sp³-hybridized carbons (Fsp3) is 0.647. The molecule has 1 rings (SSSR count). The second kappa shape index (κ2) is 6.94. The molecule has 1 nitrogen and oxygen atoms in total. The zero-order valence-corrected chi connectivity index (χ0v) is 12.7. The Bertz CT molecular complexity index is 323. The summed E-state index contributed by atoms with van der Waals surface area (Å²) in [6, 6.07) is 11.5. The van der Waals surface area contributed by atoms with Crippen LogP contribution in [0.3, 0.4) is 0 Å². The molecule has 0 N–H and O–H groups in total. The summed E-state index contributed by atoms with van der Waals surface area (Å²) in [4.78, 5) is 2.63. The summed E-state index contributed by atoms with van der Waals surface area (Å²) in [6.45, 7) is 14.0. The molecule has 0 fully saturated rings. The summed E-state index contributed by atoms with van der Waals surface area (Å²) in [6.07, 6.45) is 2.38. The summed E-state index contributed by atoms with van der Waals surface area (Å²) < 4.78 is 0. The first-order valence-corrected chi connectivity index (χ1v) is 7.27. The number of benzene rings is 1. The average Bonchev–Trinajstić information content (AvgIpc) is 2.33. The van der Waals surface area contributed by atoms with Crippen LogP contribution in [0.4, 0.5) is 0 Å². The van der Waals surface area contributed by atoms with E-state index in [2.05, 4.69) is 69.9 Å². The van der Waals surface area contributed by atoms with Crippen molar-refractivity contribution in [2.24, 2.45) is 5.41 Å². The van der Waals surface area contributed by atoms with Gasteiger partial charge in [-0.25, -0.2) is 0 Å². The van der Waals surface area contributed by atoms with E-state index in [-0.39, 0.29) is 0 Å². The smallest absolute Gasteiger partial charge is 0.0184 e. The van der Waals surface area contributed by atoms with Gasteiger partial charge in [-0.15, -0.1) is 0 Å². The van der Waals surface area contributed by atoms with Crippen LogP contribution in [0.2, 0.25) is 0 Å². The first-order chi connectivity index (χ1) is 8.49. The minimum Gasteiger partial charge on any atom is -0.300 e. The molecule has 1 aromatic carbocycles. The molecule has 0 saturated heterocycles. The van der Waals surface area contributed by atoms with Gasteiger partial charge in [0.15, 0.2) is 0 Å². The second-order valence-electron chi connectivity index (χ2n) is 6.20. The molecular weight excluding hydrogens is 218 g/mol. The standard InChI is InChI=1S/C17H29N/c1-6-13-18(7-2)16(17(3,4)5)14-15-11-9-8-10-12-15/h8-12,16H,6-7,13-14H2,1-5H3. The van der Waals surface area contributed by atoms with E-state index in [0.717, 1.165) is 13.0 Å². The van der Waals surface area contributed by atoms with Crippen molar-refractivity contribution in [3.05, 3.63) is 35.9 Å². The van der Waals surface area contributed by atoms with Gasteiger partial charge >= 0.3 is 0 Å². The molecule has 0 aliphatic rings. The summed E-state index contributed by atoms with van der Waals surface area (Å²) >= 11 is 0. The van der Waals surface area contributed by atoms with Crippen LogP contribution in [0, 0.1) is 5.41 Å². The first-order valence-electron chi connectivity index (χ1n) is 7.27. The molecule has 1 heteroatoms. The molecule has 0 aliphatic carbocycles. The maximum Gasteiger partial charge on any atom is 0.0184 e. The minimum absolute atomic E-state index is 0.320. The van der Waals surface area contributed by atoms with Crippen molar-refractivity contribution in [3.8, 4) is 0 Å². The SMILES string of the molecule is CCCN(CC)C(Cc1ccccc1)C(C)(C)C. The third-order valence-electron chi connectivity index (χ3n) is 3.63. The number of rotatable bonds is 6. The molecule has 1 aromatic rings. The average molecular weight is 247 g/mol. The number of hydrogen-bond acceptors (Lipinski definition) is 1. The zero-order chi connectivity index (χ0) is 13.6. The fourth-order valence-electron chi connectivity index (χ4n) is 2.64. The van der Waals surface area contributed by atoms with Gasteiger partial charge in [-0.05, 0) is 36.9 Å². The van der Waals surface area contributed by atoms with Crippen molar-refractivity contribution < 1.29 is 0 Å². The lowest BCUT2D eigenvalue weighted by atomic mass is 9.81. The lowest BCUT2D eigenvalue weighted by Crippen LogP contribution is -2.45. The highest BCUT2D eigenvalue weighted by molar-refractivity contribution is 5.16. The molecule has 1 atom stereocenters. The second-order valence-corrected chi connectivity index (χ2v) is 6.20. The highest BCUT2D eigenvalue weighted by Crippen LogP contribution is 2.27. The van der Waals surface area contributed by atoms with Gasteiger partial charge in [-0.2, -0.15) is 0 Å². The van der Waals surface area contributed by atoms with Crippen LogP contribution >= 0.6 is 0 Å². The van der Waals surface area contributed by atoms with Crippen LogP contribution in [0.1, 0.15) is 46.6 Å². The summed E-state index contributed by atoms with van der Waals surface area (Å²) in [7, 11) is 0. The quantitative estimate of drug-likeness (QED) is 0.721. The Morgan fingerprint density at radius 3 is 2.11 bits per heavy atom. The maximum absolute atomic E-state index is 2.63. The number of hydrogen-bond donors (Lipinski definition) is 0. The van der Waals surface area contributed by atoms with Crippen LogP contribution in [0.25, 0.3) is 0 Å². The number of nitrogens with zero attached hydrogens (tertiary/aromatic N) is 1. The van der Waals surface area contributed by atoms with Gasteiger partial charge in [0, 0.05) is 6.04 Å². The highest BCUT2D eigenvalue weighted by Gasteiger charge is 2.29. The predicted octanol–water partition coefficient (Wildman–Crippen LogP) is 4.38. The van der Waals surface area contributed by atoms with E-state index in [0.29, 0.717) is 11.5 Å². The van der Waals surface area contributed by atoms with Crippen molar-refractivity contribution in [3.63, 3.8) is 0 Å². The Labute approximate surface area is 113 Å². The van der Waals surface area contributed by atoms with Gasteiger partial charge < -0.3 is 0 Å². The van der Waals surface area contributed by atoms with E-state index in [1.807, 2.05) is 0 Å².